The van der Waals surface area contributed by atoms with E-state index in [9.17, 15) is 0 Å². The molecule has 0 aromatic heterocycles. The van der Waals surface area contributed by atoms with Crippen molar-refractivity contribution in [1.29, 1.82) is 0 Å². The quantitative estimate of drug-likeness (QED) is 0.606. The van der Waals surface area contributed by atoms with E-state index in [4.69, 9.17) is 4.74 Å². The summed E-state index contributed by atoms with van der Waals surface area (Å²) < 4.78 is 5.77. The van der Waals surface area contributed by atoms with Gasteiger partial charge in [-0.25, -0.2) is 0 Å². The van der Waals surface area contributed by atoms with Crippen LogP contribution in [0.25, 0.3) is 0 Å². The fourth-order valence-corrected chi connectivity index (χ4v) is 2.60. The predicted molar refractivity (Wildman–Crippen MR) is 97.8 cm³/mol. The summed E-state index contributed by atoms with van der Waals surface area (Å²) in [6.45, 7) is 6.96. The smallest absolute Gasteiger partial charge is 0.119 e. The number of nitrogens with one attached hydrogen (secondary N) is 1. The lowest BCUT2D eigenvalue weighted by Gasteiger charge is -2.08. The Labute approximate surface area is 140 Å². The van der Waals surface area contributed by atoms with Gasteiger partial charge in [0, 0.05) is 13.1 Å². The third-order valence-corrected chi connectivity index (χ3v) is 3.93. The van der Waals surface area contributed by atoms with E-state index < -0.39 is 0 Å². The molecule has 0 fully saturated rings. The van der Waals surface area contributed by atoms with Gasteiger partial charge in [-0.1, -0.05) is 68.1 Å². The summed E-state index contributed by atoms with van der Waals surface area (Å²) in [5.41, 5.74) is 3.93. The fraction of sp³-hybridized carbons (Fsp3) is 0.429. The Bertz CT molecular complexity index is 562. The van der Waals surface area contributed by atoms with Crippen LogP contribution in [0.1, 0.15) is 49.3 Å². The molecule has 0 bridgehead atoms. The summed E-state index contributed by atoms with van der Waals surface area (Å²) in [6.07, 6.45) is 4.98. The van der Waals surface area contributed by atoms with Crippen molar-refractivity contribution in [3.63, 3.8) is 0 Å². The SMILES string of the molecule is CCCCCCOc1ccc(CNCc2cccc(C)c2)cc1. The van der Waals surface area contributed by atoms with Crippen molar-refractivity contribution in [3.8, 4) is 5.75 Å². The average molecular weight is 311 g/mol. The highest BCUT2D eigenvalue weighted by Gasteiger charge is 1.97. The maximum atomic E-state index is 5.77. The maximum Gasteiger partial charge on any atom is 0.119 e. The molecule has 0 aliphatic rings. The molecule has 0 spiro atoms. The third-order valence-electron chi connectivity index (χ3n) is 3.93. The zero-order chi connectivity index (χ0) is 16.3. The highest BCUT2D eigenvalue weighted by atomic mass is 16.5. The Hall–Kier alpha value is -1.80. The van der Waals surface area contributed by atoms with E-state index in [0.29, 0.717) is 0 Å². The highest BCUT2D eigenvalue weighted by molar-refractivity contribution is 5.27. The number of ether oxygens (including phenoxy) is 1. The number of aryl methyl sites for hydroxylation is 1. The number of unbranched alkanes of at least 4 members (excludes halogenated alkanes) is 3. The zero-order valence-electron chi connectivity index (χ0n) is 14.5. The Kier molecular flexibility index (Phi) is 7.68. The standard InChI is InChI=1S/C21H29NO/c1-3-4-5-6-14-23-21-12-10-19(11-13-21)16-22-17-20-9-7-8-18(2)15-20/h7-13,15,22H,3-6,14,16-17H2,1-2H3. The minimum atomic E-state index is 0.824. The summed E-state index contributed by atoms with van der Waals surface area (Å²) in [5, 5.41) is 3.49. The lowest BCUT2D eigenvalue weighted by atomic mass is 10.1. The first kappa shape index (κ1) is 17.6. The Morgan fingerprint density at radius 3 is 2.39 bits per heavy atom. The van der Waals surface area contributed by atoms with E-state index in [1.54, 1.807) is 0 Å². The van der Waals surface area contributed by atoms with Crippen LogP contribution in [0.3, 0.4) is 0 Å². The molecule has 2 nitrogen and oxygen atoms in total. The zero-order valence-corrected chi connectivity index (χ0v) is 14.5. The van der Waals surface area contributed by atoms with Crippen molar-refractivity contribution in [2.75, 3.05) is 6.61 Å². The van der Waals surface area contributed by atoms with Gasteiger partial charge in [0.25, 0.3) is 0 Å². The second kappa shape index (κ2) is 10.1. The largest absolute Gasteiger partial charge is 0.494 e. The van der Waals surface area contributed by atoms with Crippen molar-refractivity contribution < 1.29 is 4.74 Å². The lowest BCUT2D eigenvalue weighted by molar-refractivity contribution is 0.305. The molecule has 2 rings (SSSR count). The maximum absolute atomic E-state index is 5.77. The summed E-state index contributed by atoms with van der Waals surface area (Å²) in [4.78, 5) is 0. The van der Waals surface area contributed by atoms with Crippen LogP contribution < -0.4 is 10.1 Å². The van der Waals surface area contributed by atoms with E-state index in [-0.39, 0.29) is 0 Å². The highest BCUT2D eigenvalue weighted by Crippen LogP contribution is 2.13. The number of hydrogen-bond acceptors (Lipinski definition) is 2. The Balaban J connectivity index is 1.68. The molecule has 2 aromatic carbocycles. The number of hydrogen-bond donors (Lipinski definition) is 1. The van der Waals surface area contributed by atoms with Gasteiger partial charge in [-0.15, -0.1) is 0 Å². The Morgan fingerprint density at radius 1 is 0.870 bits per heavy atom. The van der Waals surface area contributed by atoms with Crippen LogP contribution in [-0.2, 0) is 13.1 Å². The molecule has 0 atom stereocenters. The van der Waals surface area contributed by atoms with Gasteiger partial charge in [-0.2, -0.15) is 0 Å². The van der Waals surface area contributed by atoms with E-state index >= 15 is 0 Å². The fourth-order valence-electron chi connectivity index (χ4n) is 2.60. The minimum Gasteiger partial charge on any atom is -0.494 e. The monoisotopic (exact) mass is 311 g/mol. The molecule has 0 saturated heterocycles. The molecular formula is C21H29NO. The average Bonchev–Trinajstić information content (AvgIpc) is 2.56. The van der Waals surface area contributed by atoms with Gasteiger partial charge >= 0.3 is 0 Å². The third kappa shape index (κ3) is 6.87. The van der Waals surface area contributed by atoms with Gasteiger partial charge in [-0.3, -0.25) is 0 Å². The molecule has 0 unspecified atom stereocenters. The van der Waals surface area contributed by atoms with Crippen LogP contribution in [0.15, 0.2) is 48.5 Å². The van der Waals surface area contributed by atoms with E-state index in [2.05, 4.69) is 67.7 Å². The number of benzene rings is 2. The van der Waals surface area contributed by atoms with Crippen LogP contribution in [0.5, 0.6) is 5.75 Å². The molecule has 0 saturated carbocycles. The van der Waals surface area contributed by atoms with Gasteiger partial charge in [0.1, 0.15) is 5.75 Å². The van der Waals surface area contributed by atoms with E-state index in [1.165, 1.54) is 36.0 Å². The van der Waals surface area contributed by atoms with Crippen molar-refractivity contribution in [1.82, 2.24) is 5.32 Å². The summed E-state index contributed by atoms with van der Waals surface area (Å²) in [6, 6.07) is 17.1. The van der Waals surface area contributed by atoms with Crippen LogP contribution in [0.2, 0.25) is 0 Å². The molecule has 0 radical (unpaired) electrons. The van der Waals surface area contributed by atoms with Crippen LogP contribution in [0.4, 0.5) is 0 Å². The molecule has 0 aliphatic heterocycles. The van der Waals surface area contributed by atoms with E-state index in [1.807, 2.05) is 0 Å². The first-order valence-electron chi connectivity index (χ1n) is 8.76. The van der Waals surface area contributed by atoms with Gasteiger partial charge in [0.2, 0.25) is 0 Å². The first-order chi connectivity index (χ1) is 11.3. The molecule has 124 valence electrons. The predicted octanol–water partition coefficient (Wildman–Crippen LogP) is 5.24. The minimum absolute atomic E-state index is 0.824. The summed E-state index contributed by atoms with van der Waals surface area (Å²) in [7, 11) is 0. The Morgan fingerprint density at radius 2 is 1.65 bits per heavy atom. The summed E-state index contributed by atoms with van der Waals surface area (Å²) >= 11 is 0. The molecule has 0 aliphatic carbocycles. The van der Waals surface area contributed by atoms with Crippen LogP contribution in [0, 0.1) is 6.92 Å². The second-order valence-corrected chi connectivity index (χ2v) is 6.15. The molecule has 23 heavy (non-hydrogen) atoms. The van der Waals surface area contributed by atoms with E-state index in [0.717, 1.165) is 31.9 Å². The van der Waals surface area contributed by atoms with Crippen molar-refractivity contribution in [2.45, 2.75) is 52.6 Å². The van der Waals surface area contributed by atoms with Gasteiger partial charge in [-0.05, 0) is 36.6 Å². The number of rotatable bonds is 10. The van der Waals surface area contributed by atoms with Crippen molar-refractivity contribution in [2.24, 2.45) is 0 Å². The van der Waals surface area contributed by atoms with Gasteiger partial charge < -0.3 is 10.1 Å². The molecule has 2 heteroatoms. The molecule has 1 N–H and O–H groups in total. The summed E-state index contributed by atoms with van der Waals surface area (Å²) in [5.74, 6) is 0.976. The molecular weight excluding hydrogens is 282 g/mol. The topological polar surface area (TPSA) is 21.3 Å². The van der Waals surface area contributed by atoms with Crippen LogP contribution in [-0.4, -0.2) is 6.61 Å². The lowest BCUT2D eigenvalue weighted by Crippen LogP contribution is -2.12. The molecule has 0 amide bonds. The van der Waals surface area contributed by atoms with Gasteiger partial charge in [0.15, 0.2) is 0 Å². The van der Waals surface area contributed by atoms with Gasteiger partial charge in [0.05, 0.1) is 6.61 Å². The normalized spacial score (nSPS) is 10.7. The van der Waals surface area contributed by atoms with Crippen molar-refractivity contribution in [3.05, 3.63) is 65.2 Å². The first-order valence-corrected chi connectivity index (χ1v) is 8.76. The van der Waals surface area contributed by atoms with Crippen LogP contribution >= 0.6 is 0 Å². The molecule has 0 heterocycles. The molecule has 2 aromatic rings. The van der Waals surface area contributed by atoms with Crippen molar-refractivity contribution >= 4 is 0 Å². The second-order valence-electron chi connectivity index (χ2n) is 6.15.